The summed E-state index contributed by atoms with van der Waals surface area (Å²) in [5.41, 5.74) is 0.415. The van der Waals surface area contributed by atoms with E-state index in [4.69, 9.17) is 5.26 Å². The van der Waals surface area contributed by atoms with E-state index in [-0.39, 0.29) is 24.2 Å². The average Bonchev–Trinajstić information content (AvgIpc) is 2.61. The molecule has 1 aromatic rings. The molecule has 2 rings (SSSR count). The number of carbonyl (C=O) groups is 2. The van der Waals surface area contributed by atoms with E-state index in [0.29, 0.717) is 11.3 Å². The zero-order valence-corrected chi connectivity index (χ0v) is 11.3. The van der Waals surface area contributed by atoms with Crippen LogP contribution < -0.4 is 4.90 Å². The Morgan fingerprint density at radius 1 is 1.26 bits per heavy atom. The van der Waals surface area contributed by atoms with Crippen LogP contribution in [0.1, 0.15) is 32.8 Å². The van der Waals surface area contributed by atoms with E-state index >= 15 is 0 Å². The Morgan fingerprint density at radius 3 is 2.26 bits per heavy atom. The molecule has 1 unspecified atom stereocenters. The summed E-state index contributed by atoms with van der Waals surface area (Å²) >= 11 is 0. The van der Waals surface area contributed by atoms with Crippen LogP contribution in [0, 0.1) is 22.7 Å². The minimum absolute atomic E-state index is 0.104. The molecule has 0 radical (unpaired) electrons. The monoisotopic (exact) mass is 256 g/mol. The van der Waals surface area contributed by atoms with Gasteiger partial charge in [0.2, 0.25) is 11.8 Å². The number of nitriles is 1. The van der Waals surface area contributed by atoms with Crippen LogP contribution in [0.15, 0.2) is 24.3 Å². The van der Waals surface area contributed by atoms with E-state index in [1.165, 1.54) is 4.90 Å². The van der Waals surface area contributed by atoms with E-state index in [9.17, 15) is 9.59 Å². The summed E-state index contributed by atoms with van der Waals surface area (Å²) in [5.74, 6) is -0.226. The van der Waals surface area contributed by atoms with Gasteiger partial charge in [0.05, 0.1) is 22.7 Å². The van der Waals surface area contributed by atoms with Crippen LogP contribution in [0.4, 0.5) is 5.69 Å². The standard InChI is InChI=1S/C15H16N2O2/c1-10(2)15(3)8-13(18)17(14(15)19)12-6-4-11(9-16)5-7-12/h4-7,10H,8H2,1-3H3. The van der Waals surface area contributed by atoms with Crippen molar-refractivity contribution in [3.05, 3.63) is 29.8 Å². The van der Waals surface area contributed by atoms with Gasteiger partial charge in [0.25, 0.3) is 0 Å². The molecule has 1 atom stereocenters. The first kappa shape index (κ1) is 13.3. The molecule has 0 N–H and O–H groups in total. The lowest BCUT2D eigenvalue weighted by Gasteiger charge is -2.26. The van der Waals surface area contributed by atoms with Crippen molar-refractivity contribution >= 4 is 17.5 Å². The summed E-state index contributed by atoms with van der Waals surface area (Å²) < 4.78 is 0. The largest absolute Gasteiger partial charge is 0.274 e. The second kappa shape index (κ2) is 4.51. The number of rotatable bonds is 2. The third-order valence-electron chi connectivity index (χ3n) is 3.99. The van der Waals surface area contributed by atoms with Crippen LogP contribution >= 0.6 is 0 Å². The predicted octanol–water partition coefficient (Wildman–Crippen LogP) is 2.48. The first-order valence-corrected chi connectivity index (χ1v) is 6.27. The molecule has 1 aromatic carbocycles. The molecular weight excluding hydrogens is 240 g/mol. The van der Waals surface area contributed by atoms with Crippen molar-refractivity contribution in [3.8, 4) is 6.07 Å². The Morgan fingerprint density at radius 2 is 1.84 bits per heavy atom. The second-order valence-electron chi connectivity index (χ2n) is 5.44. The number of hydrogen-bond acceptors (Lipinski definition) is 3. The van der Waals surface area contributed by atoms with E-state index in [1.54, 1.807) is 24.3 Å². The fourth-order valence-corrected chi connectivity index (χ4v) is 2.23. The lowest BCUT2D eigenvalue weighted by molar-refractivity contribution is -0.126. The van der Waals surface area contributed by atoms with E-state index in [2.05, 4.69) is 0 Å². The van der Waals surface area contributed by atoms with Crippen LogP contribution in [0.5, 0.6) is 0 Å². The number of amides is 2. The van der Waals surface area contributed by atoms with Gasteiger partial charge in [-0.1, -0.05) is 13.8 Å². The molecule has 19 heavy (non-hydrogen) atoms. The van der Waals surface area contributed by atoms with Crippen molar-refractivity contribution in [3.63, 3.8) is 0 Å². The number of benzene rings is 1. The number of hydrogen-bond donors (Lipinski definition) is 0. The summed E-state index contributed by atoms with van der Waals surface area (Å²) in [6.45, 7) is 5.74. The predicted molar refractivity (Wildman–Crippen MR) is 71.2 cm³/mol. The molecule has 1 aliphatic heterocycles. The van der Waals surface area contributed by atoms with Crippen LogP contribution in [0.25, 0.3) is 0 Å². The molecule has 1 saturated heterocycles. The molecule has 4 heteroatoms. The topological polar surface area (TPSA) is 61.2 Å². The first-order chi connectivity index (χ1) is 8.90. The average molecular weight is 256 g/mol. The van der Waals surface area contributed by atoms with Gasteiger partial charge in [0.15, 0.2) is 0 Å². The van der Waals surface area contributed by atoms with Gasteiger partial charge in [-0.25, -0.2) is 0 Å². The zero-order valence-electron chi connectivity index (χ0n) is 11.3. The van der Waals surface area contributed by atoms with Crippen molar-refractivity contribution in [2.45, 2.75) is 27.2 Å². The third kappa shape index (κ3) is 2.01. The lowest BCUT2D eigenvalue weighted by atomic mass is 9.78. The second-order valence-corrected chi connectivity index (χ2v) is 5.44. The summed E-state index contributed by atoms with van der Waals surface area (Å²) in [6.07, 6.45) is 0.240. The van der Waals surface area contributed by atoms with Gasteiger partial charge in [-0.2, -0.15) is 5.26 Å². The molecule has 0 saturated carbocycles. The highest BCUT2D eigenvalue weighted by Gasteiger charge is 2.50. The highest BCUT2D eigenvalue weighted by atomic mass is 16.2. The summed E-state index contributed by atoms with van der Waals surface area (Å²) in [6, 6.07) is 8.52. The molecule has 1 fully saturated rings. The number of anilines is 1. The van der Waals surface area contributed by atoms with Crippen LogP contribution in [-0.4, -0.2) is 11.8 Å². The smallest absolute Gasteiger partial charge is 0.240 e. The van der Waals surface area contributed by atoms with Gasteiger partial charge in [0.1, 0.15) is 0 Å². The molecule has 0 spiro atoms. The van der Waals surface area contributed by atoms with Crippen molar-refractivity contribution in [2.24, 2.45) is 11.3 Å². The zero-order chi connectivity index (χ0) is 14.2. The third-order valence-corrected chi connectivity index (χ3v) is 3.99. The molecule has 0 aliphatic carbocycles. The Balaban J connectivity index is 2.38. The van der Waals surface area contributed by atoms with E-state index < -0.39 is 5.41 Å². The summed E-state index contributed by atoms with van der Waals surface area (Å²) in [7, 11) is 0. The van der Waals surface area contributed by atoms with Crippen molar-refractivity contribution in [1.29, 1.82) is 5.26 Å². The Kier molecular flexibility index (Phi) is 3.15. The normalized spacial score (nSPS) is 23.0. The minimum Gasteiger partial charge on any atom is -0.274 e. The van der Waals surface area contributed by atoms with Gasteiger partial charge in [-0.05, 0) is 37.1 Å². The highest BCUT2D eigenvalue weighted by molar-refractivity contribution is 6.22. The van der Waals surface area contributed by atoms with Crippen LogP contribution in [0.3, 0.4) is 0 Å². The number of imide groups is 1. The fourth-order valence-electron chi connectivity index (χ4n) is 2.23. The lowest BCUT2D eigenvalue weighted by Crippen LogP contribution is -2.36. The Hall–Kier alpha value is -2.15. The van der Waals surface area contributed by atoms with Crippen LogP contribution in [-0.2, 0) is 9.59 Å². The quantitative estimate of drug-likeness (QED) is 0.764. The van der Waals surface area contributed by atoms with Gasteiger partial charge >= 0.3 is 0 Å². The minimum atomic E-state index is -0.634. The van der Waals surface area contributed by atoms with Gasteiger partial charge < -0.3 is 0 Å². The maximum absolute atomic E-state index is 12.5. The SMILES string of the molecule is CC(C)C1(C)CC(=O)N(c2ccc(C#N)cc2)C1=O. The van der Waals surface area contributed by atoms with Gasteiger partial charge in [-0.15, -0.1) is 0 Å². The van der Waals surface area contributed by atoms with Crippen molar-refractivity contribution in [1.82, 2.24) is 0 Å². The maximum Gasteiger partial charge on any atom is 0.240 e. The van der Waals surface area contributed by atoms with Crippen molar-refractivity contribution in [2.75, 3.05) is 4.90 Å². The van der Waals surface area contributed by atoms with E-state index in [1.807, 2.05) is 26.8 Å². The highest BCUT2D eigenvalue weighted by Crippen LogP contribution is 2.41. The number of nitrogens with zero attached hydrogens (tertiary/aromatic N) is 2. The maximum atomic E-state index is 12.5. The summed E-state index contributed by atoms with van der Waals surface area (Å²) in [5, 5.41) is 8.76. The van der Waals surface area contributed by atoms with Gasteiger partial charge in [-0.3, -0.25) is 14.5 Å². The molecule has 4 nitrogen and oxygen atoms in total. The molecule has 98 valence electrons. The summed E-state index contributed by atoms with van der Waals surface area (Å²) in [4.78, 5) is 25.8. The van der Waals surface area contributed by atoms with Crippen molar-refractivity contribution < 1.29 is 9.59 Å². The Labute approximate surface area is 112 Å². The number of carbonyl (C=O) groups excluding carboxylic acids is 2. The molecule has 1 heterocycles. The first-order valence-electron chi connectivity index (χ1n) is 6.27. The van der Waals surface area contributed by atoms with Crippen LogP contribution in [0.2, 0.25) is 0 Å². The molecule has 0 bridgehead atoms. The molecule has 2 amide bonds. The molecular formula is C15H16N2O2. The van der Waals surface area contributed by atoms with E-state index in [0.717, 1.165) is 0 Å². The fraction of sp³-hybridized carbons (Fsp3) is 0.400. The Bertz CT molecular complexity index is 569. The molecule has 1 aliphatic rings. The van der Waals surface area contributed by atoms with Gasteiger partial charge in [0, 0.05) is 6.42 Å². The molecule has 0 aromatic heterocycles.